The molecule has 5 N–H and O–H groups in total. The molecular weight excluding hydrogens is 269 g/mol. The summed E-state index contributed by atoms with van der Waals surface area (Å²) in [5, 5.41) is 7.33. The molecular formula is C6H6IN5. The summed E-state index contributed by atoms with van der Waals surface area (Å²) in [6, 6.07) is 1.86. The van der Waals surface area contributed by atoms with Crippen LogP contribution in [0.1, 0.15) is 0 Å². The number of halogens is 1. The van der Waals surface area contributed by atoms with Crippen molar-refractivity contribution in [1.29, 1.82) is 0 Å². The Kier molecular flexibility index (Phi) is 1.56. The van der Waals surface area contributed by atoms with Gasteiger partial charge in [0.25, 0.3) is 0 Å². The summed E-state index contributed by atoms with van der Waals surface area (Å²) >= 11 is 2.10. The molecule has 2 rings (SSSR count). The van der Waals surface area contributed by atoms with Gasteiger partial charge in [-0.1, -0.05) is 0 Å². The highest BCUT2D eigenvalue weighted by Crippen LogP contribution is 2.21. The molecule has 0 bridgehead atoms. The normalized spacial score (nSPS) is 10.8. The third-order valence-electron chi connectivity index (χ3n) is 1.56. The lowest BCUT2D eigenvalue weighted by atomic mass is 10.3. The minimum atomic E-state index is 0.481. The molecule has 0 atom stereocenters. The molecule has 0 saturated heterocycles. The number of nitrogen functional groups attached to an aromatic ring is 2. The van der Waals surface area contributed by atoms with E-state index in [-0.39, 0.29) is 0 Å². The van der Waals surface area contributed by atoms with Crippen molar-refractivity contribution in [2.45, 2.75) is 0 Å². The van der Waals surface area contributed by atoms with Gasteiger partial charge in [0.05, 0.1) is 8.96 Å². The van der Waals surface area contributed by atoms with E-state index in [1.165, 1.54) is 0 Å². The van der Waals surface area contributed by atoms with E-state index in [2.05, 4.69) is 37.8 Å². The molecule has 2 aromatic rings. The Balaban J connectivity index is 2.87. The molecule has 0 fully saturated rings. The number of H-pyrrole nitrogens is 1. The van der Waals surface area contributed by atoms with Gasteiger partial charge in [-0.2, -0.15) is 5.10 Å². The zero-order valence-corrected chi connectivity index (χ0v) is 8.16. The number of hydrogen-bond acceptors (Lipinski definition) is 4. The smallest absolute Gasteiger partial charge is 0.185 e. The van der Waals surface area contributed by atoms with E-state index in [1.54, 1.807) is 0 Å². The average Bonchev–Trinajstić information content (AvgIpc) is 2.35. The third kappa shape index (κ3) is 0.986. The average molecular weight is 275 g/mol. The van der Waals surface area contributed by atoms with Crippen LogP contribution in [-0.2, 0) is 0 Å². The highest BCUT2D eigenvalue weighted by Gasteiger charge is 2.06. The minimum Gasteiger partial charge on any atom is -0.384 e. The number of aromatic amines is 1. The van der Waals surface area contributed by atoms with Gasteiger partial charge in [-0.05, 0) is 28.7 Å². The summed E-state index contributed by atoms with van der Waals surface area (Å²) in [4.78, 5) is 4.04. The van der Waals surface area contributed by atoms with Crippen molar-refractivity contribution in [3.63, 3.8) is 0 Å². The second-order valence-corrected chi connectivity index (χ2v) is 3.53. The Labute approximate surface area is 81.7 Å². The van der Waals surface area contributed by atoms with Crippen molar-refractivity contribution in [2.24, 2.45) is 0 Å². The Hall–Kier alpha value is -1.05. The Morgan fingerprint density at radius 3 is 2.92 bits per heavy atom. The standard InChI is InChI=1S/C6H6IN5/c7-3-1-2-4(8)11-12-6(2)10-5(3)9/h1H,(H5,8,9,10,11,12). The molecule has 6 heteroatoms. The second kappa shape index (κ2) is 2.47. The van der Waals surface area contributed by atoms with E-state index in [0.717, 1.165) is 8.96 Å². The largest absolute Gasteiger partial charge is 0.384 e. The van der Waals surface area contributed by atoms with Crippen LogP contribution in [0.2, 0.25) is 0 Å². The fourth-order valence-electron chi connectivity index (χ4n) is 0.950. The Morgan fingerprint density at radius 2 is 2.17 bits per heavy atom. The number of nitrogens with zero attached hydrogens (tertiary/aromatic N) is 2. The van der Waals surface area contributed by atoms with Gasteiger partial charge in [-0.25, -0.2) is 4.98 Å². The fraction of sp³-hybridized carbons (Fsp3) is 0. The molecule has 0 spiro atoms. The van der Waals surface area contributed by atoms with E-state index < -0.39 is 0 Å². The zero-order chi connectivity index (χ0) is 8.72. The van der Waals surface area contributed by atoms with Crippen LogP contribution in [-0.4, -0.2) is 15.2 Å². The number of fused-ring (bicyclic) bond motifs is 1. The first-order chi connectivity index (χ1) is 5.68. The molecule has 0 radical (unpaired) electrons. The zero-order valence-electron chi connectivity index (χ0n) is 6.00. The van der Waals surface area contributed by atoms with Gasteiger partial charge < -0.3 is 11.5 Å². The minimum absolute atomic E-state index is 0.481. The fourth-order valence-corrected chi connectivity index (χ4v) is 1.38. The number of rotatable bonds is 0. The summed E-state index contributed by atoms with van der Waals surface area (Å²) in [6.45, 7) is 0. The lowest BCUT2D eigenvalue weighted by Gasteiger charge is -1.95. The summed E-state index contributed by atoms with van der Waals surface area (Å²) in [7, 11) is 0. The molecule has 0 aliphatic rings. The van der Waals surface area contributed by atoms with Gasteiger partial charge in [0, 0.05) is 0 Å². The van der Waals surface area contributed by atoms with E-state index in [0.29, 0.717) is 17.3 Å². The number of hydrogen-bond donors (Lipinski definition) is 3. The quantitative estimate of drug-likeness (QED) is 0.618. The van der Waals surface area contributed by atoms with E-state index in [9.17, 15) is 0 Å². The first-order valence-corrected chi connectivity index (χ1v) is 4.32. The first-order valence-electron chi connectivity index (χ1n) is 3.24. The van der Waals surface area contributed by atoms with Crippen LogP contribution in [0, 0.1) is 3.57 Å². The number of nitrogens with two attached hydrogens (primary N) is 2. The van der Waals surface area contributed by atoms with Crippen molar-refractivity contribution in [3.05, 3.63) is 9.64 Å². The maximum atomic E-state index is 5.59. The van der Waals surface area contributed by atoms with Gasteiger partial charge in [-0.3, -0.25) is 5.10 Å². The molecule has 12 heavy (non-hydrogen) atoms. The number of aromatic nitrogens is 3. The van der Waals surface area contributed by atoms with Crippen LogP contribution in [0.3, 0.4) is 0 Å². The number of anilines is 2. The van der Waals surface area contributed by atoms with E-state index in [1.807, 2.05) is 6.07 Å². The SMILES string of the molecule is Nc1nc2n[nH]c(N)c2cc1I. The van der Waals surface area contributed by atoms with Crippen LogP contribution in [0.4, 0.5) is 11.6 Å². The maximum Gasteiger partial charge on any atom is 0.185 e. The maximum absolute atomic E-state index is 5.59. The highest BCUT2D eigenvalue weighted by atomic mass is 127. The summed E-state index contributed by atoms with van der Waals surface area (Å²) < 4.78 is 0.883. The summed E-state index contributed by atoms with van der Waals surface area (Å²) in [6.07, 6.45) is 0. The molecule has 0 aliphatic carbocycles. The molecule has 0 unspecified atom stereocenters. The van der Waals surface area contributed by atoms with Gasteiger partial charge >= 0.3 is 0 Å². The molecule has 2 heterocycles. The number of pyridine rings is 1. The van der Waals surface area contributed by atoms with Crippen LogP contribution in [0.25, 0.3) is 11.0 Å². The van der Waals surface area contributed by atoms with Crippen LogP contribution >= 0.6 is 22.6 Å². The van der Waals surface area contributed by atoms with Crippen molar-refractivity contribution in [1.82, 2.24) is 15.2 Å². The van der Waals surface area contributed by atoms with Gasteiger partial charge in [0.15, 0.2) is 5.65 Å². The van der Waals surface area contributed by atoms with Crippen molar-refractivity contribution >= 4 is 45.3 Å². The lowest BCUT2D eigenvalue weighted by Crippen LogP contribution is -1.94. The molecule has 0 aromatic carbocycles. The van der Waals surface area contributed by atoms with Crippen molar-refractivity contribution in [3.8, 4) is 0 Å². The predicted octanol–water partition coefficient (Wildman–Crippen LogP) is 0.727. The molecule has 0 aliphatic heterocycles. The first kappa shape index (κ1) is 7.59. The van der Waals surface area contributed by atoms with Gasteiger partial charge in [-0.15, -0.1) is 0 Å². The Morgan fingerprint density at radius 1 is 1.42 bits per heavy atom. The molecule has 5 nitrogen and oxygen atoms in total. The van der Waals surface area contributed by atoms with Crippen LogP contribution in [0.15, 0.2) is 6.07 Å². The molecule has 2 aromatic heterocycles. The van der Waals surface area contributed by atoms with Crippen LogP contribution < -0.4 is 11.5 Å². The third-order valence-corrected chi connectivity index (χ3v) is 2.42. The number of nitrogens with one attached hydrogen (secondary N) is 1. The van der Waals surface area contributed by atoms with E-state index in [4.69, 9.17) is 11.5 Å². The van der Waals surface area contributed by atoms with Crippen molar-refractivity contribution in [2.75, 3.05) is 11.5 Å². The van der Waals surface area contributed by atoms with E-state index >= 15 is 0 Å². The molecule has 0 saturated carbocycles. The summed E-state index contributed by atoms with van der Waals surface area (Å²) in [5.41, 5.74) is 11.7. The summed E-state index contributed by atoms with van der Waals surface area (Å²) in [5.74, 6) is 1.00. The molecule has 0 amide bonds. The van der Waals surface area contributed by atoms with Crippen molar-refractivity contribution < 1.29 is 0 Å². The Bertz CT molecular complexity index is 435. The topological polar surface area (TPSA) is 93.6 Å². The second-order valence-electron chi connectivity index (χ2n) is 2.36. The highest BCUT2D eigenvalue weighted by molar-refractivity contribution is 14.1. The monoisotopic (exact) mass is 275 g/mol. The lowest BCUT2D eigenvalue weighted by molar-refractivity contribution is 1.11. The van der Waals surface area contributed by atoms with Gasteiger partial charge in [0.1, 0.15) is 11.6 Å². The van der Waals surface area contributed by atoms with Crippen LogP contribution in [0.5, 0.6) is 0 Å². The molecule has 62 valence electrons. The van der Waals surface area contributed by atoms with Gasteiger partial charge in [0.2, 0.25) is 0 Å². The predicted molar refractivity (Wildman–Crippen MR) is 55.4 cm³/mol.